The number of aryl methyl sites for hydroxylation is 1. The number of H-pyrrole nitrogens is 1. The molecule has 0 radical (unpaired) electrons. The smallest absolute Gasteiger partial charge is 0.493 e. The molecular weight excluding hydrogens is 526 g/mol. The molecule has 204 valence electrons. The Kier molecular flexibility index (Phi) is 7.38. The van der Waals surface area contributed by atoms with Crippen LogP contribution in [0.5, 0.6) is 11.6 Å². The number of hydrogen-bond acceptors (Lipinski definition) is 5. The van der Waals surface area contributed by atoms with E-state index in [0.717, 1.165) is 75.6 Å². The second-order valence-electron chi connectivity index (χ2n) is 9.88. The number of carbonyl (C=O) groups is 1. The predicted molar refractivity (Wildman–Crippen MR) is 161 cm³/mol. The van der Waals surface area contributed by atoms with Gasteiger partial charge in [0.15, 0.2) is 0 Å². The molecule has 1 aliphatic rings. The summed E-state index contributed by atoms with van der Waals surface area (Å²) in [5.74, 6) is 1.12. The molecule has 0 amide bonds. The van der Waals surface area contributed by atoms with Crippen molar-refractivity contribution < 1.29 is 19.4 Å². The molecule has 1 aliphatic heterocycles. The molecule has 5 aromatic rings. The van der Waals surface area contributed by atoms with Crippen LogP contribution in [-0.4, -0.2) is 49.0 Å². The minimum atomic E-state index is -1.34. The second kappa shape index (κ2) is 11.4. The van der Waals surface area contributed by atoms with E-state index in [9.17, 15) is 9.90 Å². The fraction of sp³-hybridized carbons (Fsp3) is 0.219. The van der Waals surface area contributed by atoms with Gasteiger partial charge in [0.1, 0.15) is 5.75 Å². The predicted octanol–water partition coefficient (Wildman–Crippen LogP) is 7.37. The molecular formula is C32H30ClN3O4. The number of rotatable bonds is 8. The molecule has 2 N–H and O–H groups in total. The number of nitrogens with one attached hydrogen (secondary N) is 1. The van der Waals surface area contributed by atoms with E-state index < -0.39 is 6.16 Å². The number of fused-ring (bicyclic) bond motifs is 2. The highest BCUT2D eigenvalue weighted by atomic mass is 35.5. The third-order valence-electron chi connectivity index (χ3n) is 7.44. The third-order valence-corrected chi connectivity index (χ3v) is 7.68. The zero-order valence-electron chi connectivity index (χ0n) is 22.0. The van der Waals surface area contributed by atoms with E-state index in [1.807, 2.05) is 54.6 Å². The van der Waals surface area contributed by atoms with Crippen LogP contribution in [0.15, 0.2) is 84.9 Å². The normalized spacial score (nSPS) is 13.6. The van der Waals surface area contributed by atoms with Crippen molar-refractivity contribution in [2.45, 2.75) is 12.8 Å². The van der Waals surface area contributed by atoms with E-state index in [1.54, 1.807) is 0 Å². The SMILES string of the molecule is O=C(O)Oc1[nH]c2c(N3CCN(c4cccc(Cl)c4)CC3)cccc2c1CCCOc1cccc2ccccc12. The molecule has 0 spiro atoms. The number of nitrogens with zero attached hydrogens (tertiary/aromatic N) is 2. The summed E-state index contributed by atoms with van der Waals surface area (Å²) in [5.41, 5.74) is 3.89. The summed E-state index contributed by atoms with van der Waals surface area (Å²) in [4.78, 5) is 19.5. The van der Waals surface area contributed by atoms with Gasteiger partial charge in [-0.05, 0) is 48.6 Å². The average Bonchev–Trinajstić information content (AvgIpc) is 3.31. The Morgan fingerprint density at radius 1 is 0.875 bits per heavy atom. The molecule has 2 heterocycles. The summed E-state index contributed by atoms with van der Waals surface area (Å²) in [6.45, 7) is 3.86. The lowest BCUT2D eigenvalue weighted by Crippen LogP contribution is -2.46. The van der Waals surface area contributed by atoms with Gasteiger partial charge in [0.25, 0.3) is 0 Å². The van der Waals surface area contributed by atoms with Crippen LogP contribution in [0.25, 0.3) is 21.7 Å². The maximum absolute atomic E-state index is 11.5. The number of para-hydroxylation sites is 1. The highest BCUT2D eigenvalue weighted by Gasteiger charge is 2.23. The lowest BCUT2D eigenvalue weighted by Gasteiger charge is -2.37. The van der Waals surface area contributed by atoms with Crippen LogP contribution in [0.2, 0.25) is 5.02 Å². The van der Waals surface area contributed by atoms with Gasteiger partial charge >= 0.3 is 6.16 Å². The Morgan fingerprint density at radius 2 is 1.60 bits per heavy atom. The van der Waals surface area contributed by atoms with Crippen molar-refractivity contribution in [1.82, 2.24) is 4.98 Å². The van der Waals surface area contributed by atoms with Gasteiger partial charge < -0.3 is 29.4 Å². The largest absolute Gasteiger partial charge is 0.512 e. The Hall–Kier alpha value is -4.36. The summed E-state index contributed by atoms with van der Waals surface area (Å²) in [7, 11) is 0. The Labute approximate surface area is 237 Å². The van der Waals surface area contributed by atoms with Gasteiger partial charge in [-0.15, -0.1) is 0 Å². The molecule has 7 nitrogen and oxygen atoms in total. The van der Waals surface area contributed by atoms with Gasteiger partial charge in [0, 0.05) is 53.2 Å². The van der Waals surface area contributed by atoms with Gasteiger partial charge in [0.2, 0.25) is 5.88 Å². The number of carboxylic acid groups (broad SMARTS) is 1. The van der Waals surface area contributed by atoms with Crippen molar-refractivity contribution in [2.24, 2.45) is 0 Å². The quantitative estimate of drug-likeness (QED) is 0.154. The number of aromatic nitrogens is 1. The fourth-order valence-electron chi connectivity index (χ4n) is 5.55. The molecule has 0 saturated carbocycles. The molecule has 1 saturated heterocycles. The first-order valence-corrected chi connectivity index (χ1v) is 13.8. The van der Waals surface area contributed by atoms with E-state index in [2.05, 4.69) is 45.1 Å². The summed E-state index contributed by atoms with van der Waals surface area (Å²) < 4.78 is 11.3. The molecule has 1 aromatic heterocycles. The van der Waals surface area contributed by atoms with Crippen LogP contribution in [0.4, 0.5) is 16.2 Å². The molecule has 0 aliphatic carbocycles. The van der Waals surface area contributed by atoms with Crippen LogP contribution in [0.3, 0.4) is 0 Å². The highest BCUT2D eigenvalue weighted by Crippen LogP contribution is 2.36. The highest BCUT2D eigenvalue weighted by molar-refractivity contribution is 6.30. The minimum Gasteiger partial charge on any atom is -0.493 e. The first kappa shape index (κ1) is 25.9. The molecule has 0 bridgehead atoms. The third kappa shape index (κ3) is 5.38. The van der Waals surface area contributed by atoms with Gasteiger partial charge in [-0.2, -0.15) is 0 Å². The maximum atomic E-state index is 11.5. The lowest BCUT2D eigenvalue weighted by molar-refractivity contribution is 0.142. The number of aromatic amines is 1. The Bertz CT molecular complexity index is 1650. The van der Waals surface area contributed by atoms with E-state index in [-0.39, 0.29) is 5.88 Å². The van der Waals surface area contributed by atoms with Crippen molar-refractivity contribution in [3.8, 4) is 11.6 Å². The molecule has 0 unspecified atom stereocenters. The minimum absolute atomic E-state index is 0.276. The first-order valence-electron chi connectivity index (χ1n) is 13.5. The summed E-state index contributed by atoms with van der Waals surface area (Å²) >= 11 is 6.20. The van der Waals surface area contributed by atoms with Crippen molar-refractivity contribution in [2.75, 3.05) is 42.6 Å². The summed E-state index contributed by atoms with van der Waals surface area (Å²) in [5, 5.41) is 13.3. The zero-order valence-corrected chi connectivity index (χ0v) is 22.7. The van der Waals surface area contributed by atoms with E-state index in [1.165, 1.54) is 0 Å². The van der Waals surface area contributed by atoms with Crippen LogP contribution in [-0.2, 0) is 6.42 Å². The van der Waals surface area contributed by atoms with Crippen LogP contribution in [0, 0.1) is 0 Å². The summed E-state index contributed by atoms with van der Waals surface area (Å²) in [6, 6.07) is 28.2. The van der Waals surface area contributed by atoms with Crippen molar-refractivity contribution in [1.29, 1.82) is 0 Å². The van der Waals surface area contributed by atoms with Crippen LogP contribution < -0.4 is 19.3 Å². The molecule has 4 aromatic carbocycles. The number of halogens is 1. The van der Waals surface area contributed by atoms with Gasteiger partial charge in [-0.3, -0.25) is 0 Å². The Morgan fingerprint density at radius 3 is 2.42 bits per heavy atom. The van der Waals surface area contributed by atoms with Crippen LogP contribution in [0.1, 0.15) is 12.0 Å². The number of anilines is 2. The van der Waals surface area contributed by atoms with Crippen LogP contribution >= 0.6 is 11.6 Å². The van der Waals surface area contributed by atoms with Crippen molar-refractivity contribution in [3.63, 3.8) is 0 Å². The van der Waals surface area contributed by atoms with E-state index in [0.29, 0.717) is 19.4 Å². The molecule has 40 heavy (non-hydrogen) atoms. The number of benzene rings is 4. The Balaban J connectivity index is 1.19. The fourth-order valence-corrected chi connectivity index (χ4v) is 5.74. The average molecular weight is 556 g/mol. The second-order valence-corrected chi connectivity index (χ2v) is 10.3. The zero-order chi connectivity index (χ0) is 27.5. The standard InChI is InChI=1S/C32H30ClN3O4/c33-23-9-4-10-24(21-23)35-16-18-36(19-17-35)28-14-5-12-26-27(31(34-30(26)28)40-32(37)38)13-6-20-39-29-15-3-8-22-7-1-2-11-25(22)29/h1-5,7-12,14-15,21,34H,6,13,16-20H2,(H,37,38). The van der Waals surface area contributed by atoms with Crippen molar-refractivity contribution >= 4 is 50.8 Å². The number of hydrogen-bond donors (Lipinski definition) is 2. The van der Waals surface area contributed by atoms with Gasteiger partial charge in [-0.1, -0.05) is 66.2 Å². The molecule has 0 atom stereocenters. The lowest BCUT2D eigenvalue weighted by atomic mass is 10.1. The summed E-state index contributed by atoms with van der Waals surface area (Å²) in [6.07, 6.45) is -0.0230. The topological polar surface area (TPSA) is 78.0 Å². The first-order chi connectivity index (χ1) is 19.6. The van der Waals surface area contributed by atoms with E-state index >= 15 is 0 Å². The molecule has 8 heteroatoms. The van der Waals surface area contributed by atoms with Gasteiger partial charge in [0.05, 0.1) is 17.8 Å². The number of ether oxygens (including phenoxy) is 2. The molecule has 1 fully saturated rings. The van der Waals surface area contributed by atoms with Crippen molar-refractivity contribution in [3.05, 3.63) is 95.5 Å². The monoisotopic (exact) mass is 555 g/mol. The van der Waals surface area contributed by atoms with Gasteiger partial charge in [-0.25, -0.2) is 4.79 Å². The van der Waals surface area contributed by atoms with E-state index in [4.69, 9.17) is 21.1 Å². The molecule has 6 rings (SSSR count). The number of piperazine rings is 1. The maximum Gasteiger partial charge on any atom is 0.512 e.